The van der Waals surface area contributed by atoms with Gasteiger partial charge in [0, 0.05) is 32.0 Å². The molecule has 0 unspecified atom stereocenters. The summed E-state index contributed by atoms with van der Waals surface area (Å²) in [6.07, 6.45) is 0. The molecule has 5 heteroatoms. The number of hydrogen-bond acceptors (Lipinski definition) is 4. The molecule has 0 spiro atoms. The van der Waals surface area contributed by atoms with E-state index in [2.05, 4.69) is 0 Å². The van der Waals surface area contributed by atoms with Gasteiger partial charge in [-0.3, -0.25) is 4.79 Å². The Balaban J connectivity index is 2.03. The highest BCUT2D eigenvalue weighted by molar-refractivity contribution is 5.97. The van der Waals surface area contributed by atoms with E-state index in [9.17, 15) is 9.59 Å². The summed E-state index contributed by atoms with van der Waals surface area (Å²) >= 11 is 0. The SMILES string of the molecule is CCN(C(=O)COC(=O)c1cccc(N(C)C)c1)c1cccc(C)c1. The van der Waals surface area contributed by atoms with E-state index in [-0.39, 0.29) is 12.5 Å². The standard InChI is InChI=1S/C20H24N2O3/c1-5-22(18-11-6-8-15(2)12-18)19(23)14-25-20(24)16-9-7-10-17(13-16)21(3)4/h6-13H,5,14H2,1-4H3. The summed E-state index contributed by atoms with van der Waals surface area (Å²) in [6, 6.07) is 14.8. The van der Waals surface area contributed by atoms with Crippen LogP contribution in [0.5, 0.6) is 0 Å². The minimum atomic E-state index is -0.502. The number of amides is 1. The second kappa shape index (κ2) is 8.33. The van der Waals surface area contributed by atoms with Gasteiger partial charge in [0.2, 0.25) is 0 Å². The maximum atomic E-state index is 12.4. The largest absolute Gasteiger partial charge is 0.452 e. The third-order valence-electron chi connectivity index (χ3n) is 3.86. The van der Waals surface area contributed by atoms with Crippen LogP contribution in [0.4, 0.5) is 11.4 Å². The first-order valence-corrected chi connectivity index (χ1v) is 8.24. The zero-order valence-corrected chi connectivity index (χ0v) is 15.2. The van der Waals surface area contributed by atoms with Crippen LogP contribution in [0.3, 0.4) is 0 Å². The van der Waals surface area contributed by atoms with Gasteiger partial charge in [0.25, 0.3) is 5.91 Å². The van der Waals surface area contributed by atoms with Crippen molar-refractivity contribution in [1.29, 1.82) is 0 Å². The molecule has 2 aromatic rings. The third-order valence-corrected chi connectivity index (χ3v) is 3.86. The van der Waals surface area contributed by atoms with Crippen LogP contribution in [0.15, 0.2) is 48.5 Å². The lowest BCUT2D eigenvalue weighted by molar-refractivity contribution is -0.121. The van der Waals surface area contributed by atoms with Gasteiger partial charge in [-0.2, -0.15) is 0 Å². The number of carbonyl (C=O) groups is 2. The Labute approximate surface area is 148 Å². The van der Waals surface area contributed by atoms with Crippen molar-refractivity contribution in [1.82, 2.24) is 0 Å². The number of likely N-dealkylation sites (N-methyl/N-ethyl adjacent to an activating group) is 1. The molecule has 2 rings (SSSR count). The molecule has 0 aromatic heterocycles. The van der Waals surface area contributed by atoms with Gasteiger partial charge >= 0.3 is 5.97 Å². The zero-order chi connectivity index (χ0) is 18.4. The summed E-state index contributed by atoms with van der Waals surface area (Å²) in [5.74, 6) is -0.748. The van der Waals surface area contributed by atoms with Crippen LogP contribution in [-0.2, 0) is 9.53 Å². The van der Waals surface area contributed by atoms with Crippen LogP contribution in [0.1, 0.15) is 22.8 Å². The lowest BCUT2D eigenvalue weighted by Gasteiger charge is -2.21. The molecule has 0 radical (unpaired) electrons. The predicted octanol–water partition coefficient (Wildman–Crippen LogP) is 3.27. The molecule has 2 aromatic carbocycles. The Kier molecular flexibility index (Phi) is 6.17. The fourth-order valence-corrected chi connectivity index (χ4v) is 2.50. The maximum absolute atomic E-state index is 12.4. The van der Waals surface area contributed by atoms with Crippen molar-refractivity contribution in [3.8, 4) is 0 Å². The Morgan fingerprint density at radius 3 is 2.32 bits per heavy atom. The molecular weight excluding hydrogens is 316 g/mol. The summed E-state index contributed by atoms with van der Waals surface area (Å²) in [5, 5.41) is 0. The maximum Gasteiger partial charge on any atom is 0.338 e. The Bertz CT molecular complexity index is 756. The molecule has 0 bridgehead atoms. The number of carbonyl (C=O) groups excluding carboxylic acids is 2. The quantitative estimate of drug-likeness (QED) is 0.757. The summed E-state index contributed by atoms with van der Waals surface area (Å²) in [7, 11) is 3.80. The van der Waals surface area contributed by atoms with E-state index >= 15 is 0 Å². The predicted molar refractivity (Wildman–Crippen MR) is 100 cm³/mol. The molecule has 25 heavy (non-hydrogen) atoms. The molecule has 0 atom stereocenters. The van der Waals surface area contributed by atoms with Gasteiger partial charge in [-0.05, 0) is 49.7 Å². The van der Waals surface area contributed by atoms with Crippen molar-refractivity contribution in [2.24, 2.45) is 0 Å². The monoisotopic (exact) mass is 340 g/mol. The molecule has 1 amide bonds. The number of benzene rings is 2. The first kappa shape index (κ1) is 18.5. The van der Waals surface area contributed by atoms with Crippen LogP contribution in [-0.4, -0.2) is 39.1 Å². The number of ether oxygens (including phenoxy) is 1. The molecule has 5 nitrogen and oxygen atoms in total. The Morgan fingerprint density at radius 1 is 1.00 bits per heavy atom. The average molecular weight is 340 g/mol. The minimum absolute atomic E-state index is 0.245. The fourth-order valence-electron chi connectivity index (χ4n) is 2.50. The first-order chi connectivity index (χ1) is 11.9. The van der Waals surface area contributed by atoms with Crippen LogP contribution in [0.2, 0.25) is 0 Å². The van der Waals surface area contributed by atoms with Crippen molar-refractivity contribution < 1.29 is 14.3 Å². The molecular formula is C20H24N2O3. The molecule has 0 aliphatic heterocycles. The van der Waals surface area contributed by atoms with Gasteiger partial charge in [0.15, 0.2) is 6.61 Å². The fraction of sp³-hybridized carbons (Fsp3) is 0.300. The van der Waals surface area contributed by atoms with E-state index in [1.807, 2.05) is 63.2 Å². The van der Waals surface area contributed by atoms with Gasteiger partial charge in [0.1, 0.15) is 0 Å². The molecule has 0 saturated heterocycles. The van der Waals surface area contributed by atoms with Crippen molar-refractivity contribution in [3.05, 3.63) is 59.7 Å². The van der Waals surface area contributed by atoms with E-state index in [1.54, 1.807) is 23.1 Å². The van der Waals surface area contributed by atoms with Crippen LogP contribution >= 0.6 is 0 Å². The molecule has 0 aliphatic carbocycles. The van der Waals surface area contributed by atoms with Gasteiger partial charge in [0.05, 0.1) is 5.56 Å². The third kappa shape index (κ3) is 4.83. The number of anilines is 2. The van der Waals surface area contributed by atoms with E-state index < -0.39 is 5.97 Å². The van der Waals surface area contributed by atoms with Crippen molar-refractivity contribution in [3.63, 3.8) is 0 Å². The smallest absolute Gasteiger partial charge is 0.338 e. The number of esters is 1. The van der Waals surface area contributed by atoms with Gasteiger partial charge in [-0.1, -0.05) is 18.2 Å². The molecule has 132 valence electrons. The second-order valence-corrected chi connectivity index (χ2v) is 6.00. The van der Waals surface area contributed by atoms with Gasteiger partial charge in [-0.15, -0.1) is 0 Å². The van der Waals surface area contributed by atoms with E-state index in [0.717, 1.165) is 16.9 Å². The van der Waals surface area contributed by atoms with Gasteiger partial charge < -0.3 is 14.5 Å². The number of rotatable bonds is 6. The molecule has 0 heterocycles. The number of aryl methyl sites for hydroxylation is 1. The second-order valence-electron chi connectivity index (χ2n) is 6.00. The number of nitrogens with zero attached hydrogens (tertiary/aromatic N) is 2. The van der Waals surface area contributed by atoms with Crippen LogP contribution in [0.25, 0.3) is 0 Å². The minimum Gasteiger partial charge on any atom is -0.452 e. The summed E-state index contributed by atoms with van der Waals surface area (Å²) < 4.78 is 5.21. The van der Waals surface area contributed by atoms with Crippen molar-refractivity contribution in [2.45, 2.75) is 13.8 Å². The highest BCUT2D eigenvalue weighted by Crippen LogP contribution is 2.17. The number of hydrogen-bond donors (Lipinski definition) is 0. The normalized spacial score (nSPS) is 10.2. The summed E-state index contributed by atoms with van der Waals surface area (Å²) in [5.41, 5.74) is 3.20. The summed E-state index contributed by atoms with van der Waals surface area (Å²) in [6.45, 7) is 4.09. The lowest BCUT2D eigenvalue weighted by atomic mass is 10.2. The molecule has 0 N–H and O–H groups in total. The van der Waals surface area contributed by atoms with E-state index in [4.69, 9.17) is 4.74 Å². The molecule has 0 saturated carbocycles. The van der Waals surface area contributed by atoms with Crippen LogP contribution in [0, 0.1) is 6.92 Å². The van der Waals surface area contributed by atoms with Crippen molar-refractivity contribution >= 4 is 23.3 Å². The van der Waals surface area contributed by atoms with Crippen molar-refractivity contribution in [2.75, 3.05) is 37.0 Å². The van der Waals surface area contributed by atoms with Gasteiger partial charge in [-0.25, -0.2) is 4.79 Å². The van der Waals surface area contributed by atoms with E-state index in [1.165, 1.54) is 0 Å². The van der Waals surface area contributed by atoms with E-state index in [0.29, 0.717) is 12.1 Å². The highest BCUT2D eigenvalue weighted by Gasteiger charge is 2.17. The van der Waals surface area contributed by atoms with Crippen LogP contribution < -0.4 is 9.80 Å². The Morgan fingerprint density at radius 2 is 1.68 bits per heavy atom. The summed E-state index contributed by atoms with van der Waals surface area (Å²) in [4.78, 5) is 28.2. The first-order valence-electron chi connectivity index (χ1n) is 8.24. The average Bonchev–Trinajstić information content (AvgIpc) is 2.60. The zero-order valence-electron chi connectivity index (χ0n) is 15.2. The molecule has 0 fully saturated rings. The lowest BCUT2D eigenvalue weighted by Crippen LogP contribution is -2.34. The highest BCUT2D eigenvalue weighted by atomic mass is 16.5. The molecule has 0 aliphatic rings. The Hall–Kier alpha value is -2.82. The topological polar surface area (TPSA) is 49.9 Å².